The zero-order chi connectivity index (χ0) is 31.3. The van der Waals surface area contributed by atoms with Crippen LogP contribution in [0, 0.1) is 23.0 Å². The van der Waals surface area contributed by atoms with E-state index >= 15 is 4.39 Å². The minimum Gasteiger partial charge on any atom is -0.480 e. The average Bonchev–Trinajstić information content (AvgIpc) is 3.62. The van der Waals surface area contributed by atoms with E-state index in [1.165, 1.54) is 12.1 Å². The number of hydrogen-bond acceptors (Lipinski definition) is 9. The maximum atomic E-state index is 16.7. The van der Waals surface area contributed by atoms with Crippen LogP contribution in [0.2, 0.25) is 5.02 Å². The van der Waals surface area contributed by atoms with Crippen LogP contribution in [0.25, 0.3) is 32.1 Å². The van der Waals surface area contributed by atoms with Gasteiger partial charge in [0.1, 0.15) is 47.0 Å². The largest absolute Gasteiger partial charge is 0.480 e. The van der Waals surface area contributed by atoms with E-state index in [-0.39, 0.29) is 72.6 Å². The number of aromatic nitrogens is 2. The van der Waals surface area contributed by atoms with Crippen molar-refractivity contribution in [2.75, 3.05) is 30.7 Å². The Morgan fingerprint density at radius 3 is 2.93 bits per heavy atom. The van der Waals surface area contributed by atoms with Gasteiger partial charge in [0.2, 0.25) is 0 Å². The third kappa shape index (κ3) is 5.04. The highest BCUT2D eigenvalue weighted by molar-refractivity contribution is 7.23. The first-order valence-corrected chi connectivity index (χ1v) is 15.4. The number of fused-ring (bicyclic) bond motifs is 3. The molecule has 0 spiro atoms. The van der Waals surface area contributed by atoms with Gasteiger partial charge >= 0.3 is 12.0 Å². The molecule has 4 aromatic rings. The normalized spacial score (nSPS) is 20.6. The maximum absolute atomic E-state index is 16.7. The monoisotopic (exact) mass is 644 g/mol. The van der Waals surface area contributed by atoms with Crippen LogP contribution in [0.15, 0.2) is 18.2 Å². The van der Waals surface area contributed by atoms with Gasteiger partial charge in [-0.2, -0.15) is 15.2 Å². The van der Waals surface area contributed by atoms with Crippen molar-refractivity contribution < 1.29 is 27.8 Å². The van der Waals surface area contributed by atoms with Gasteiger partial charge < -0.3 is 20.9 Å². The lowest BCUT2D eigenvalue weighted by Gasteiger charge is -2.30. The fraction of sp³-hybridized carbons (Fsp3) is 0.400. The number of nitrogens with two attached hydrogens (primary N) is 1. The molecule has 0 radical (unpaired) electrons. The summed E-state index contributed by atoms with van der Waals surface area (Å²) < 4.78 is 51.9. The van der Waals surface area contributed by atoms with Crippen LogP contribution in [0.1, 0.15) is 44.6 Å². The zero-order valence-electron chi connectivity index (χ0n) is 23.6. The van der Waals surface area contributed by atoms with Gasteiger partial charge in [-0.15, -0.1) is 11.3 Å². The Balaban J connectivity index is 1.52. The summed E-state index contributed by atoms with van der Waals surface area (Å²) in [4.78, 5) is 22.9. The Kier molecular flexibility index (Phi) is 7.94. The van der Waals surface area contributed by atoms with E-state index < -0.39 is 35.4 Å². The molecule has 0 bridgehead atoms. The number of aliphatic carboxylic acids is 1. The predicted molar refractivity (Wildman–Crippen MR) is 163 cm³/mol. The van der Waals surface area contributed by atoms with E-state index in [1.54, 1.807) is 0 Å². The summed E-state index contributed by atoms with van der Waals surface area (Å²) in [5, 5.41) is 22.7. The number of halogens is 4. The van der Waals surface area contributed by atoms with Gasteiger partial charge in [-0.05, 0) is 43.5 Å². The van der Waals surface area contributed by atoms with Crippen molar-refractivity contribution in [3.63, 3.8) is 0 Å². The molecule has 0 aliphatic carbocycles. The van der Waals surface area contributed by atoms with Gasteiger partial charge in [0, 0.05) is 29.3 Å². The second-order valence-electron chi connectivity index (χ2n) is 11.2. The molecule has 2 aliphatic heterocycles. The molecule has 2 aromatic carbocycles. The second kappa shape index (κ2) is 11.6. The molecule has 4 heterocycles. The lowest BCUT2D eigenvalue weighted by Crippen LogP contribution is -2.43. The first kappa shape index (κ1) is 30.2. The molecule has 44 heavy (non-hydrogen) atoms. The van der Waals surface area contributed by atoms with Crippen molar-refractivity contribution in [2.24, 2.45) is 0 Å². The highest BCUT2D eigenvalue weighted by Crippen LogP contribution is 2.46. The first-order chi connectivity index (χ1) is 21.1. The van der Waals surface area contributed by atoms with E-state index in [2.05, 4.69) is 20.2 Å². The van der Waals surface area contributed by atoms with Crippen LogP contribution < -0.4 is 15.8 Å². The molecule has 9 nitrogen and oxygen atoms in total. The molecule has 0 saturated carbocycles. The standard InChI is InChI=1S/C30H28ClF3N6O3S/c1-2-4-20(28(41)42)37-27-16-9-18(31)22(15-5-6-19(33)25-21(15)17(11-35)26(36)44-25)23(34)24(16)38-29(39-27)43-13-30-7-3-8-40(30)12-14(32)10-30/h5-6,9,14,20H,2-4,7-8,10,12-13,36H2,1H3,(H,41,42)(H,37,38,39)/t14-,20?,30+/m1/s1. The quantitative estimate of drug-likeness (QED) is 0.186. The number of ether oxygens (including phenoxy) is 1. The highest BCUT2D eigenvalue weighted by atomic mass is 35.5. The van der Waals surface area contributed by atoms with Gasteiger partial charge in [-0.3, -0.25) is 4.90 Å². The molecule has 2 saturated heterocycles. The molecule has 4 N–H and O–H groups in total. The Morgan fingerprint density at radius 1 is 1.41 bits per heavy atom. The molecule has 2 fully saturated rings. The number of nitrogens with zero attached hydrogens (tertiary/aromatic N) is 4. The molecule has 6 rings (SSSR count). The number of benzene rings is 2. The summed E-state index contributed by atoms with van der Waals surface area (Å²) in [6.45, 7) is 2.95. The molecule has 230 valence electrons. The number of hydrogen-bond donors (Lipinski definition) is 3. The van der Waals surface area contributed by atoms with E-state index in [9.17, 15) is 23.9 Å². The highest BCUT2D eigenvalue weighted by Gasteiger charge is 2.49. The fourth-order valence-electron chi connectivity index (χ4n) is 6.46. The number of alkyl halides is 1. The van der Waals surface area contributed by atoms with Crippen molar-refractivity contribution in [3.05, 3.63) is 40.4 Å². The summed E-state index contributed by atoms with van der Waals surface area (Å²) >= 11 is 7.53. The second-order valence-corrected chi connectivity index (χ2v) is 12.7. The van der Waals surface area contributed by atoms with E-state index in [4.69, 9.17) is 22.1 Å². The van der Waals surface area contributed by atoms with Crippen LogP contribution in [0.4, 0.5) is 24.0 Å². The Hall–Kier alpha value is -3.86. The van der Waals surface area contributed by atoms with Crippen LogP contribution in [-0.2, 0) is 4.79 Å². The van der Waals surface area contributed by atoms with Gasteiger partial charge in [0.25, 0.3) is 0 Å². The maximum Gasteiger partial charge on any atom is 0.326 e. The first-order valence-electron chi connectivity index (χ1n) is 14.2. The van der Waals surface area contributed by atoms with Gasteiger partial charge in [0.15, 0.2) is 5.82 Å². The number of thiophene rings is 1. The Morgan fingerprint density at radius 2 is 2.20 bits per heavy atom. The predicted octanol–water partition coefficient (Wildman–Crippen LogP) is 6.52. The van der Waals surface area contributed by atoms with Crippen molar-refractivity contribution in [1.29, 1.82) is 5.26 Å². The van der Waals surface area contributed by atoms with Crippen molar-refractivity contribution >= 4 is 60.7 Å². The van der Waals surface area contributed by atoms with Crippen molar-refractivity contribution in [1.82, 2.24) is 14.9 Å². The number of anilines is 2. The summed E-state index contributed by atoms with van der Waals surface area (Å²) in [6.07, 6.45) is 1.72. The van der Waals surface area contributed by atoms with E-state index in [0.717, 1.165) is 36.8 Å². The number of carboxylic acid groups (broad SMARTS) is 1. The lowest BCUT2D eigenvalue weighted by molar-refractivity contribution is -0.138. The van der Waals surface area contributed by atoms with Gasteiger partial charge in [0.05, 0.1) is 20.8 Å². The molecule has 3 atom stereocenters. The smallest absolute Gasteiger partial charge is 0.326 e. The third-order valence-electron chi connectivity index (χ3n) is 8.48. The summed E-state index contributed by atoms with van der Waals surface area (Å²) in [6, 6.07) is 4.55. The minimum absolute atomic E-state index is 0.00361. The number of carbonyl (C=O) groups is 1. The zero-order valence-corrected chi connectivity index (χ0v) is 25.2. The molecular formula is C30H28ClF3N6O3S. The van der Waals surface area contributed by atoms with Crippen LogP contribution in [0.3, 0.4) is 0 Å². The van der Waals surface area contributed by atoms with Crippen LogP contribution in [0.5, 0.6) is 6.01 Å². The number of nitrogens with one attached hydrogen (secondary N) is 1. The van der Waals surface area contributed by atoms with E-state index in [0.29, 0.717) is 19.4 Å². The molecule has 2 aromatic heterocycles. The topological polar surface area (TPSA) is 137 Å². The Bertz CT molecular complexity index is 1850. The minimum atomic E-state index is -1.13. The third-order valence-corrected chi connectivity index (χ3v) is 9.80. The molecule has 2 aliphatic rings. The van der Waals surface area contributed by atoms with E-state index in [1.807, 2.05) is 13.0 Å². The SMILES string of the molecule is CCCC(Nc1nc(OC[C@@]23CCCN2C[C@H](F)C3)nc2c(F)c(-c3ccc(F)c4sc(N)c(C#N)c34)c(Cl)cc12)C(=O)O. The van der Waals surface area contributed by atoms with Crippen molar-refractivity contribution in [2.45, 2.75) is 56.8 Å². The summed E-state index contributed by atoms with van der Waals surface area (Å²) in [5.41, 5.74) is 5.22. The summed E-state index contributed by atoms with van der Waals surface area (Å²) in [5.74, 6) is -2.66. The molecule has 1 unspecified atom stereocenters. The van der Waals surface area contributed by atoms with Crippen molar-refractivity contribution in [3.8, 4) is 23.2 Å². The molecule has 0 amide bonds. The molecule has 14 heteroatoms. The van der Waals surface area contributed by atoms with Crippen LogP contribution >= 0.6 is 22.9 Å². The average molecular weight is 645 g/mol. The summed E-state index contributed by atoms with van der Waals surface area (Å²) in [7, 11) is 0. The van der Waals surface area contributed by atoms with Gasteiger partial charge in [-0.25, -0.2) is 18.0 Å². The van der Waals surface area contributed by atoms with Crippen LogP contribution in [-0.4, -0.2) is 63.4 Å². The number of nitriles is 1. The number of carboxylic acids is 1. The fourth-order valence-corrected chi connectivity index (χ4v) is 7.71. The van der Waals surface area contributed by atoms with Gasteiger partial charge in [-0.1, -0.05) is 31.0 Å². The number of rotatable bonds is 9. The number of nitrogen functional groups attached to an aromatic ring is 1. The lowest BCUT2D eigenvalue weighted by atomic mass is 9.95. The Labute approximate surface area is 259 Å². The molecular weight excluding hydrogens is 617 g/mol.